The number of nitrogens with zero attached hydrogens (tertiary/aromatic N) is 1. The summed E-state index contributed by atoms with van der Waals surface area (Å²) < 4.78 is 12.0. The third-order valence-electron chi connectivity index (χ3n) is 3.88. The van der Waals surface area contributed by atoms with E-state index in [0.717, 1.165) is 11.0 Å². The van der Waals surface area contributed by atoms with E-state index in [2.05, 4.69) is 10.9 Å². The summed E-state index contributed by atoms with van der Waals surface area (Å²) in [6.45, 7) is 8.02. The van der Waals surface area contributed by atoms with Gasteiger partial charge in [-0.3, -0.25) is 4.98 Å². The highest BCUT2D eigenvalue weighted by Gasteiger charge is 2.52. The minimum Gasteiger partial charge on any atom is -0.399 e. The molecule has 0 atom stereocenters. The van der Waals surface area contributed by atoms with Crippen molar-refractivity contribution in [3.63, 3.8) is 0 Å². The van der Waals surface area contributed by atoms with E-state index in [9.17, 15) is 0 Å². The van der Waals surface area contributed by atoms with Crippen LogP contribution in [-0.4, -0.2) is 23.3 Å². The van der Waals surface area contributed by atoms with Crippen molar-refractivity contribution in [3.8, 4) is 12.3 Å². The summed E-state index contributed by atoms with van der Waals surface area (Å²) in [6, 6.07) is 0. The molecule has 5 heteroatoms. The van der Waals surface area contributed by atoms with Crippen LogP contribution in [0.5, 0.6) is 0 Å². The van der Waals surface area contributed by atoms with Gasteiger partial charge in [-0.1, -0.05) is 0 Å². The van der Waals surface area contributed by atoms with Crippen molar-refractivity contribution in [2.45, 2.75) is 45.3 Å². The summed E-state index contributed by atoms with van der Waals surface area (Å²) in [7, 11) is -0.503. The SMILES string of the molecule is C#CCc1cncc(N)c1B1OC(C)(C)C(C)(C)O1. The number of aromatic nitrogens is 1. The van der Waals surface area contributed by atoms with Gasteiger partial charge in [-0.25, -0.2) is 0 Å². The van der Waals surface area contributed by atoms with Crippen molar-refractivity contribution in [1.29, 1.82) is 0 Å². The molecule has 100 valence electrons. The molecule has 0 aliphatic carbocycles. The molecule has 1 fully saturated rings. The summed E-state index contributed by atoms with van der Waals surface area (Å²) in [5, 5.41) is 0. The molecule has 0 aromatic carbocycles. The molecule has 0 unspecified atom stereocenters. The van der Waals surface area contributed by atoms with Crippen LogP contribution >= 0.6 is 0 Å². The van der Waals surface area contributed by atoms with E-state index in [4.69, 9.17) is 21.5 Å². The van der Waals surface area contributed by atoms with Gasteiger partial charge in [0.1, 0.15) is 0 Å². The Morgan fingerprint density at radius 2 is 1.84 bits per heavy atom. The van der Waals surface area contributed by atoms with Crippen LogP contribution in [0.25, 0.3) is 0 Å². The fraction of sp³-hybridized carbons (Fsp3) is 0.500. The molecule has 2 rings (SSSR count). The number of hydrogen-bond acceptors (Lipinski definition) is 4. The van der Waals surface area contributed by atoms with Crippen molar-refractivity contribution in [2.24, 2.45) is 0 Å². The topological polar surface area (TPSA) is 57.4 Å². The number of pyridine rings is 1. The lowest BCUT2D eigenvalue weighted by molar-refractivity contribution is 0.00578. The predicted molar refractivity (Wildman–Crippen MR) is 76.9 cm³/mol. The zero-order chi connectivity index (χ0) is 14.3. The van der Waals surface area contributed by atoms with Crippen LogP contribution in [0.2, 0.25) is 0 Å². The largest absolute Gasteiger partial charge is 0.497 e. The van der Waals surface area contributed by atoms with E-state index in [1.54, 1.807) is 12.4 Å². The highest BCUT2D eigenvalue weighted by molar-refractivity contribution is 6.64. The van der Waals surface area contributed by atoms with E-state index < -0.39 is 18.3 Å². The Bertz CT molecular complexity index is 519. The third kappa shape index (κ3) is 2.34. The average Bonchev–Trinajstić information content (AvgIpc) is 2.48. The zero-order valence-electron chi connectivity index (χ0n) is 11.9. The van der Waals surface area contributed by atoms with E-state index in [0.29, 0.717) is 12.1 Å². The second-order valence-corrected chi connectivity index (χ2v) is 5.77. The first-order valence-electron chi connectivity index (χ1n) is 6.30. The molecule has 0 radical (unpaired) electrons. The van der Waals surface area contributed by atoms with Crippen molar-refractivity contribution < 1.29 is 9.31 Å². The lowest BCUT2D eigenvalue weighted by Gasteiger charge is -2.32. The van der Waals surface area contributed by atoms with Gasteiger partial charge < -0.3 is 15.0 Å². The smallest absolute Gasteiger partial charge is 0.399 e. The summed E-state index contributed by atoms with van der Waals surface area (Å²) >= 11 is 0. The van der Waals surface area contributed by atoms with Gasteiger partial charge >= 0.3 is 7.12 Å². The molecule has 19 heavy (non-hydrogen) atoms. The number of rotatable bonds is 2. The van der Waals surface area contributed by atoms with Crippen LogP contribution in [0.15, 0.2) is 12.4 Å². The summed E-state index contributed by atoms with van der Waals surface area (Å²) in [5.41, 5.74) is 7.43. The Hall–Kier alpha value is -1.51. The van der Waals surface area contributed by atoms with Crippen molar-refractivity contribution in [2.75, 3.05) is 5.73 Å². The molecule has 0 spiro atoms. The quantitative estimate of drug-likeness (QED) is 0.638. The molecule has 1 aliphatic rings. The molecule has 1 saturated heterocycles. The fourth-order valence-electron chi connectivity index (χ4n) is 2.03. The summed E-state index contributed by atoms with van der Waals surface area (Å²) in [6.07, 6.45) is 9.16. The monoisotopic (exact) mass is 258 g/mol. The first-order valence-corrected chi connectivity index (χ1v) is 6.30. The second kappa shape index (κ2) is 4.55. The molecule has 4 nitrogen and oxygen atoms in total. The maximum atomic E-state index is 6.02. The Kier molecular flexibility index (Phi) is 3.33. The average molecular weight is 258 g/mol. The molecule has 0 amide bonds. The highest BCUT2D eigenvalue weighted by Crippen LogP contribution is 2.37. The van der Waals surface area contributed by atoms with Crippen LogP contribution < -0.4 is 11.2 Å². The Balaban J connectivity index is 2.42. The van der Waals surface area contributed by atoms with E-state index in [-0.39, 0.29) is 0 Å². The van der Waals surface area contributed by atoms with E-state index in [1.807, 2.05) is 27.7 Å². The zero-order valence-corrected chi connectivity index (χ0v) is 11.9. The Morgan fingerprint density at radius 1 is 1.26 bits per heavy atom. The number of nitrogen functional groups attached to an aromatic ring is 1. The Morgan fingerprint density at radius 3 is 2.37 bits per heavy atom. The van der Waals surface area contributed by atoms with Crippen LogP contribution in [-0.2, 0) is 15.7 Å². The van der Waals surface area contributed by atoms with Crippen molar-refractivity contribution in [1.82, 2.24) is 4.98 Å². The second-order valence-electron chi connectivity index (χ2n) is 5.77. The maximum Gasteiger partial charge on any atom is 0.497 e. The summed E-state index contributed by atoms with van der Waals surface area (Å²) in [4.78, 5) is 4.08. The van der Waals surface area contributed by atoms with Crippen LogP contribution in [0.1, 0.15) is 33.3 Å². The van der Waals surface area contributed by atoms with Gasteiger partial charge in [-0.15, -0.1) is 12.3 Å². The fourth-order valence-corrected chi connectivity index (χ4v) is 2.03. The molecule has 0 bridgehead atoms. The molecular weight excluding hydrogens is 239 g/mol. The van der Waals surface area contributed by atoms with Gasteiger partial charge in [0.2, 0.25) is 0 Å². The number of terminal acetylenes is 1. The number of nitrogens with two attached hydrogens (primary N) is 1. The molecular formula is C14H19BN2O2. The molecule has 2 N–H and O–H groups in total. The number of hydrogen-bond donors (Lipinski definition) is 1. The minimum atomic E-state index is -0.503. The van der Waals surface area contributed by atoms with Gasteiger partial charge in [0.15, 0.2) is 0 Å². The van der Waals surface area contributed by atoms with Gasteiger partial charge in [-0.05, 0) is 33.3 Å². The molecule has 1 aromatic rings. The first-order chi connectivity index (χ1) is 8.78. The molecule has 0 saturated carbocycles. The van der Waals surface area contributed by atoms with Gasteiger partial charge in [-0.2, -0.15) is 0 Å². The van der Waals surface area contributed by atoms with Crippen LogP contribution in [0.3, 0.4) is 0 Å². The van der Waals surface area contributed by atoms with E-state index >= 15 is 0 Å². The van der Waals surface area contributed by atoms with Crippen LogP contribution in [0.4, 0.5) is 5.69 Å². The van der Waals surface area contributed by atoms with Crippen LogP contribution in [0, 0.1) is 12.3 Å². The van der Waals surface area contributed by atoms with Gasteiger partial charge in [0.05, 0.1) is 16.9 Å². The molecule has 1 aromatic heterocycles. The molecule has 2 heterocycles. The van der Waals surface area contributed by atoms with Crippen molar-refractivity contribution in [3.05, 3.63) is 18.0 Å². The maximum absolute atomic E-state index is 6.02. The third-order valence-corrected chi connectivity index (χ3v) is 3.88. The number of anilines is 1. The molecule has 1 aliphatic heterocycles. The minimum absolute atomic E-state index is 0.402. The predicted octanol–water partition coefficient (Wildman–Crippen LogP) is 1.14. The standard InChI is InChI=1S/C14H19BN2O2/c1-6-7-10-8-17-9-11(16)12(10)15-18-13(2,3)14(4,5)19-15/h1,8-9H,7,16H2,2-5H3. The summed E-state index contributed by atoms with van der Waals surface area (Å²) in [5.74, 6) is 2.61. The Labute approximate surface area is 114 Å². The lowest BCUT2D eigenvalue weighted by Crippen LogP contribution is -2.41. The van der Waals surface area contributed by atoms with Gasteiger partial charge in [0, 0.05) is 24.3 Å². The van der Waals surface area contributed by atoms with Crippen molar-refractivity contribution >= 4 is 18.3 Å². The lowest BCUT2D eigenvalue weighted by atomic mass is 9.75. The normalized spacial score (nSPS) is 20.3. The highest BCUT2D eigenvalue weighted by atomic mass is 16.7. The van der Waals surface area contributed by atoms with E-state index in [1.165, 1.54) is 0 Å². The van der Waals surface area contributed by atoms with Gasteiger partial charge in [0.25, 0.3) is 0 Å². The first kappa shape index (κ1) is 13.9.